The molecule has 1 atom stereocenters. The van der Waals surface area contributed by atoms with Gasteiger partial charge in [0.25, 0.3) is 5.56 Å². The summed E-state index contributed by atoms with van der Waals surface area (Å²) < 4.78 is 13.6. The zero-order valence-electron chi connectivity index (χ0n) is 29.6. The number of carbonyl (C=O) groups excluding carboxylic acids is 1. The molecule has 0 N–H and O–H groups in total. The van der Waals surface area contributed by atoms with Gasteiger partial charge in [-0.15, -0.1) is 0 Å². The summed E-state index contributed by atoms with van der Waals surface area (Å²) in [5, 5.41) is 9.17. The van der Waals surface area contributed by atoms with Gasteiger partial charge >= 0.3 is 0 Å². The Labute approximate surface area is 284 Å². The number of nitrogens with zero attached hydrogens (tertiary/aromatic N) is 5. The van der Waals surface area contributed by atoms with Gasteiger partial charge in [-0.1, -0.05) is 32.0 Å². The van der Waals surface area contributed by atoms with Crippen LogP contribution in [0, 0.1) is 31.1 Å². The van der Waals surface area contributed by atoms with E-state index >= 15 is 0 Å². The SMILES string of the molecule is COc1cc(-c2cn(C)c(=O)c(C)c2C)cc(OC)c1CN1CCN(Cc2cccc3c2CCN(C(=O)CC#N)[C@@H]3C(C)C)CC12CC2. The summed E-state index contributed by atoms with van der Waals surface area (Å²) in [5.74, 6) is 1.79. The van der Waals surface area contributed by atoms with Gasteiger partial charge in [0.05, 0.1) is 31.9 Å². The summed E-state index contributed by atoms with van der Waals surface area (Å²) in [5.41, 5.74) is 8.85. The predicted molar refractivity (Wildman–Crippen MR) is 187 cm³/mol. The first-order valence-electron chi connectivity index (χ1n) is 17.2. The molecule has 0 radical (unpaired) electrons. The lowest BCUT2D eigenvalue weighted by Crippen LogP contribution is -2.54. The molecular weight excluding hydrogens is 602 g/mol. The van der Waals surface area contributed by atoms with Gasteiger partial charge in [-0.05, 0) is 79.0 Å². The lowest BCUT2D eigenvalue weighted by atomic mass is 9.83. The van der Waals surface area contributed by atoms with Gasteiger partial charge in [0.2, 0.25) is 5.91 Å². The van der Waals surface area contributed by atoms with E-state index in [9.17, 15) is 14.9 Å². The Morgan fingerprint density at radius 3 is 2.38 bits per heavy atom. The van der Waals surface area contributed by atoms with Crippen molar-refractivity contribution in [3.8, 4) is 28.7 Å². The zero-order chi connectivity index (χ0) is 34.3. The van der Waals surface area contributed by atoms with Crippen LogP contribution in [0.15, 0.2) is 41.3 Å². The fraction of sp³-hybridized carbons (Fsp3) is 0.513. The fourth-order valence-corrected chi connectivity index (χ4v) is 8.18. The van der Waals surface area contributed by atoms with Gasteiger partial charge in [0.1, 0.15) is 17.9 Å². The molecule has 9 heteroatoms. The van der Waals surface area contributed by atoms with Crippen molar-refractivity contribution < 1.29 is 14.3 Å². The van der Waals surface area contributed by atoms with Crippen LogP contribution in [0.25, 0.3) is 11.1 Å². The highest BCUT2D eigenvalue weighted by atomic mass is 16.5. The normalized spacial score (nSPS) is 18.9. The van der Waals surface area contributed by atoms with Crippen LogP contribution in [-0.4, -0.2) is 71.1 Å². The number of pyridine rings is 1. The van der Waals surface area contributed by atoms with E-state index in [1.165, 1.54) is 29.5 Å². The number of rotatable bonds is 9. The summed E-state index contributed by atoms with van der Waals surface area (Å²) in [4.78, 5) is 32.5. The molecule has 1 aliphatic carbocycles. The number of ether oxygens (including phenoxy) is 2. The number of methoxy groups -OCH3 is 2. The van der Waals surface area contributed by atoms with E-state index in [0.717, 1.165) is 78.5 Å². The number of benzene rings is 2. The van der Waals surface area contributed by atoms with Crippen LogP contribution in [0.5, 0.6) is 11.5 Å². The molecular formula is C39H49N5O4. The Morgan fingerprint density at radius 2 is 1.75 bits per heavy atom. The quantitative estimate of drug-likeness (QED) is 0.301. The van der Waals surface area contributed by atoms with Crippen molar-refractivity contribution in [1.82, 2.24) is 19.3 Å². The van der Waals surface area contributed by atoms with Crippen LogP contribution in [0.2, 0.25) is 0 Å². The number of aryl methyl sites for hydroxylation is 1. The number of amides is 1. The van der Waals surface area contributed by atoms with Gasteiger partial charge in [-0.25, -0.2) is 0 Å². The van der Waals surface area contributed by atoms with Gasteiger partial charge in [0.15, 0.2) is 0 Å². The van der Waals surface area contributed by atoms with Crippen LogP contribution in [0.4, 0.5) is 0 Å². The molecule has 3 heterocycles. The molecule has 3 aliphatic rings. The third kappa shape index (κ3) is 6.12. The largest absolute Gasteiger partial charge is 0.496 e. The number of fused-ring (bicyclic) bond motifs is 1. The van der Waals surface area contributed by atoms with Crippen LogP contribution >= 0.6 is 0 Å². The maximum absolute atomic E-state index is 12.8. The number of carbonyl (C=O) groups is 1. The van der Waals surface area contributed by atoms with Gasteiger partial charge < -0.3 is 18.9 Å². The maximum Gasteiger partial charge on any atom is 0.253 e. The number of aromatic nitrogens is 1. The number of hydrogen-bond donors (Lipinski definition) is 0. The molecule has 0 bridgehead atoms. The molecule has 1 saturated carbocycles. The molecule has 0 unspecified atom stereocenters. The standard InChI is InChI=1S/C39H49N5O4/c1-25(2)37-31-10-8-9-28(30(31)12-16-44(37)36(45)11-15-40)21-42-17-18-43(39(24-42)13-14-39)23-33-34(47-6)19-29(20-35(33)48-7)32-22-41(5)38(46)27(4)26(32)3/h8-10,19-20,22,25,37H,11-14,16-18,21,23-24H2,1-7H3/t37-/m1/s1. The first kappa shape index (κ1) is 33.8. The van der Waals surface area contributed by atoms with Crippen LogP contribution in [0.3, 0.4) is 0 Å². The van der Waals surface area contributed by atoms with Crippen molar-refractivity contribution in [2.75, 3.05) is 40.4 Å². The Kier molecular flexibility index (Phi) is 9.43. The molecule has 2 aliphatic heterocycles. The molecule has 254 valence electrons. The van der Waals surface area contributed by atoms with E-state index in [1.54, 1.807) is 25.8 Å². The van der Waals surface area contributed by atoms with Crippen LogP contribution in [0.1, 0.15) is 72.5 Å². The van der Waals surface area contributed by atoms with Crippen molar-refractivity contribution in [3.05, 3.63) is 80.3 Å². The highest BCUT2D eigenvalue weighted by Crippen LogP contribution is 2.47. The molecule has 9 nitrogen and oxygen atoms in total. The summed E-state index contributed by atoms with van der Waals surface area (Å²) >= 11 is 0. The minimum Gasteiger partial charge on any atom is -0.496 e. The van der Waals surface area contributed by atoms with Crippen molar-refractivity contribution in [2.24, 2.45) is 13.0 Å². The topological polar surface area (TPSA) is 91.0 Å². The predicted octanol–water partition coefficient (Wildman–Crippen LogP) is 5.53. The van der Waals surface area contributed by atoms with Crippen molar-refractivity contribution >= 4 is 5.91 Å². The average molecular weight is 652 g/mol. The maximum atomic E-state index is 12.8. The Balaban J connectivity index is 1.21. The lowest BCUT2D eigenvalue weighted by molar-refractivity contribution is -0.134. The van der Waals surface area contributed by atoms with Gasteiger partial charge in [-0.3, -0.25) is 19.4 Å². The molecule has 2 fully saturated rings. The third-order valence-electron chi connectivity index (χ3n) is 11.0. The molecule has 1 saturated heterocycles. The van der Waals surface area contributed by atoms with E-state index in [1.807, 2.05) is 31.0 Å². The van der Waals surface area contributed by atoms with Gasteiger partial charge in [-0.2, -0.15) is 5.26 Å². The Bertz CT molecular complexity index is 1790. The average Bonchev–Trinajstić information content (AvgIpc) is 3.85. The zero-order valence-corrected chi connectivity index (χ0v) is 29.6. The summed E-state index contributed by atoms with van der Waals surface area (Å²) in [6.45, 7) is 13.4. The molecule has 48 heavy (non-hydrogen) atoms. The molecule has 6 rings (SSSR count). The van der Waals surface area contributed by atoms with E-state index in [4.69, 9.17) is 9.47 Å². The van der Waals surface area contributed by atoms with Crippen LogP contribution in [-0.2, 0) is 31.4 Å². The smallest absolute Gasteiger partial charge is 0.253 e. The monoisotopic (exact) mass is 651 g/mol. The highest BCUT2D eigenvalue weighted by molar-refractivity contribution is 5.79. The first-order chi connectivity index (χ1) is 23.0. The van der Waals surface area contributed by atoms with Gasteiger partial charge in [0, 0.05) is 69.2 Å². The van der Waals surface area contributed by atoms with Crippen molar-refractivity contribution in [3.63, 3.8) is 0 Å². The number of nitriles is 1. The molecule has 3 aromatic rings. The van der Waals surface area contributed by atoms with E-state index in [-0.39, 0.29) is 35.4 Å². The summed E-state index contributed by atoms with van der Waals surface area (Å²) in [7, 11) is 5.22. The number of piperazine rings is 1. The second kappa shape index (κ2) is 13.4. The second-order valence-corrected chi connectivity index (χ2v) is 14.3. The van der Waals surface area contributed by atoms with Crippen molar-refractivity contribution in [1.29, 1.82) is 5.26 Å². The minimum absolute atomic E-state index is 0.000661. The molecule has 2 aromatic carbocycles. The second-order valence-electron chi connectivity index (χ2n) is 14.3. The minimum atomic E-state index is -0.0702. The highest BCUT2D eigenvalue weighted by Gasteiger charge is 2.51. The Morgan fingerprint density at radius 1 is 1.04 bits per heavy atom. The van der Waals surface area contributed by atoms with E-state index in [0.29, 0.717) is 6.54 Å². The van der Waals surface area contributed by atoms with Crippen molar-refractivity contribution in [2.45, 2.75) is 78.0 Å². The lowest BCUT2D eigenvalue weighted by Gasteiger charge is -2.43. The molecule has 1 spiro atoms. The van der Waals surface area contributed by atoms with E-state index < -0.39 is 0 Å². The third-order valence-corrected chi connectivity index (χ3v) is 11.0. The first-order valence-corrected chi connectivity index (χ1v) is 17.2. The molecule has 1 amide bonds. The fourth-order valence-electron chi connectivity index (χ4n) is 8.18. The number of hydrogen-bond acceptors (Lipinski definition) is 7. The Hall–Kier alpha value is -4.13. The summed E-state index contributed by atoms with van der Waals surface area (Å²) in [6.07, 6.45) is 4.99. The summed E-state index contributed by atoms with van der Waals surface area (Å²) in [6, 6.07) is 12.8. The molecule has 1 aromatic heterocycles. The van der Waals surface area contributed by atoms with Crippen LogP contribution < -0.4 is 15.0 Å². The van der Waals surface area contributed by atoms with E-state index in [2.05, 4.69) is 54.0 Å².